The number of thiophene rings is 1. The highest BCUT2D eigenvalue weighted by Crippen LogP contribution is 2.30. The Morgan fingerprint density at radius 3 is 2.67 bits per heavy atom. The molecule has 2 N–H and O–H groups in total. The van der Waals surface area contributed by atoms with Gasteiger partial charge in [0.2, 0.25) is 0 Å². The first-order valence-corrected chi connectivity index (χ1v) is 7.87. The van der Waals surface area contributed by atoms with Gasteiger partial charge in [-0.15, -0.1) is 11.3 Å². The molecule has 0 bridgehead atoms. The van der Waals surface area contributed by atoms with Crippen LogP contribution in [0, 0.1) is 0 Å². The molecule has 0 aliphatic carbocycles. The largest absolute Gasteiger partial charge is 0.323 e. The maximum atomic E-state index is 6.28. The van der Waals surface area contributed by atoms with Crippen LogP contribution in [0.15, 0.2) is 30.3 Å². The van der Waals surface area contributed by atoms with Gasteiger partial charge in [-0.3, -0.25) is 0 Å². The van der Waals surface area contributed by atoms with Crippen LogP contribution >= 0.6 is 11.3 Å². The highest BCUT2D eigenvalue weighted by molar-refractivity contribution is 7.19. The molecule has 0 radical (unpaired) electrons. The van der Waals surface area contributed by atoms with Crippen LogP contribution in [-0.4, -0.2) is 0 Å². The average molecular weight is 261 g/mol. The van der Waals surface area contributed by atoms with Crippen molar-refractivity contribution >= 4 is 21.4 Å². The van der Waals surface area contributed by atoms with Crippen LogP contribution < -0.4 is 5.73 Å². The van der Waals surface area contributed by atoms with E-state index in [2.05, 4.69) is 37.3 Å². The Morgan fingerprint density at radius 2 is 1.89 bits per heavy atom. The standard InChI is InChI=1S/C16H23NS/c1-2-3-4-5-6-10-14(17)16-12-13-9-7-8-11-15(13)18-16/h7-9,11-12,14H,2-6,10,17H2,1H3. The van der Waals surface area contributed by atoms with Crippen molar-refractivity contribution in [1.82, 2.24) is 0 Å². The zero-order valence-electron chi connectivity index (χ0n) is 11.2. The zero-order valence-corrected chi connectivity index (χ0v) is 12.0. The van der Waals surface area contributed by atoms with Crippen molar-refractivity contribution in [3.8, 4) is 0 Å². The second-order valence-electron chi connectivity index (χ2n) is 5.00. The summed E-state index contributed by atoms with van der Waals surface area (Å²) in [5, 5.41) is 1.33. The lowest BCUT2D eigenvalue weighted by atomic mass is 10.1. The summed E-state index contributed by atoms with van der Waals surface area (Å²) in [5.74, 6) is 0. The van der Waals surface area contributed by atoms with Gasteiger partial charge in [-0.2, -0.15) is 0 Å². The number of benzene rings is 1. The minimum Gasteiger partial charge on any atom is -0.323 e. The van der Waals surface area contributed by atoms with Crippen LogP contribution in [0.2, 0.25) is 0 Å². The van der Waals surface area contributed by atoms with E-state index in [9.17, 15) is 0 Å². The highest BCUT2D eigenvalue weighted by atomic mass is 32.1. The molecule has 0 fully saturated rings. The van der Waals surface area contributed by atoms with E-state index in [4.69, 9.17) is 5.73 Å². The monoisotopic (exact) mass is 261 g/mol. The SMILES string of the molecule is CCCCCCCC(N)c1cc2ccccc2s1. The fraction of sp³-hybridized carbons (Fsp3) is 0.500. The molecule has 0 aliphatic heterocycles. The Labute approximate surface area is 114 Å². The molecular formula is C16H23NS. The molecule has 1 aromatic heterocycles. The van der Waals surface area contributed by atoms with E-state index < -0.39 is 0 Å². The Morgan fingerprint density at radius 1 is 1.11 bits per heavy atom. The van der Waals surface area contributed by atoms with Crippen molar-refractivity contribution in [2.45, 2.75) is 51.5 Å². The minimum atomic E-state index is 0.226. The predicted molar refractivity (Wildman–Crippen MR) is 82.1 cm³/mol. The fourth-order valence-electron chi connectivity index (χ4n) is 2.30. The molecule has 0 amide bonds. The summed E-state index contributed by atoms with van der Waals surface area (Å²) in [6, 6.07) is 11.0. The summed E-state index contributed by atoms with van der Waals surface area (Å²) in [6.07, 6.45) is 7.73. The van der Waals surface area contributed by atoms with Crippen molar-refractivity contribution in [3.05, 3.63) is 35.2 Å². The van der Waals surface area contributed by atoms with Crippen LogP contribution in [0.25, 0.3) is 10.1 Å². The lowest BCUT2D eigenvalue weighted by Gasteiger charge is -2.08. The number of hydrogen-bond acceptors (Lipinski definition) is 2. The molecule has 0 saturated carbocycles. The van der Waals surface area contributed by atoms with Gasteiger partial charge in [-0.05, 0) is 23.9 Å². The van der Waals surface area contributed by atoms with Crippen LogP contribution in [0.5, 0.6) is 0 Å². The molecule has 18 heavy (non-hydrogen) atoms. The summed E-state index contributed by atoms with van der Waals surface area (Å²) in [6.45, 7) is 2.25. The van der Waals surface area contributed by atoms with Crippen molar-refractivity contribution in [3.63, 3.8) is 0 Å². The van der Waals surface area contributed by atoms with E-state index >= 15 is 0 Å². The number of fused-ring (bicyclic) bond motifs is 1. The lowest BCUT2D eigenvalue weighted by molar-refractivity contribution is 0.560. The molecular weight excluding hydrogens is 238 g/mol. The molecule has 0 spiro atoms. The summed E-state index contributed by atoms with van der Waals surface area (Å²) in [5.41, 5.74) is 6.28. The topological polar surface area (TPSA) is 26.0 Å². The Balaban J connectivity index is 1.86. The van der Waals surface area contributed by atoms with Crippen LogP contribution in [0.3, 0.4) is 0 Å². The Kier molecular flexibility index (Phi) is 5.21. The van der Waals surface area contributed by atoms with Crippen molar-refractivity contribution < 1.29 is 0 Å². The zero-order chi connectivity index (χ0) is 12.8. The Hall–Kier alpha value is -0.860. The second-order valence-corrected chi connectivity index (χ2v) is 6.11. The second kappa shape index (κ2) is 6.91. The summed E-state index contributed by atoms with van der Waals surface area (Å²) >= 11 is 1.85. The highest BCUT2D eigenvalue weighted by Gasteiger charge is 2.09. The first-order chi connectivity index (χ1) is 8.81. The van der Waals surface area contributed by atoms with E-state index in [1.165, 1.54) is 47.1 Å². The molecule has 1 aromatic carbocycles. The van der Waals surface area contributed by atoms with Gasteiger partial charge in [-0.25, -0.2) is 0 Å². The van der Waals surface area contributed by atoms with Gasteiger partial charge in [0.25, 0.3) is 0 Å². The molecule has 0 saturated heterocycles. The van der Waals surface area contributed by atoms with Crippen molar-refractivity contribution in [1.29, 1.82) is 0 Å². The summed E-state index contributed by atoms with van der Waals surface area (Å²) < 4.78 is 1.36. The van der Waals surface area contributed by atoms with E-state index in [1.54, 1.807) is 0 Å². The lowest BCUT2D eigenvalue weighted by Crippen LogP contribution is -2.08. The first-order valence-electron chi connectivity index (χ1n) is 7.05. The van der Waals surface area contributed by atoms with Gasteiger partial charge in [0.15, 0.2) is 0 Å². The maximum Gasteiger partial charge on any atom is 0.0390 e. The normalized spacial score (nSPS) is 13.0. The van der Waals surface area contributed by atoms with Gasteiger partial charge >= 0.3 is 0 Å². The summed E-state index contributed by atoms with van der Waals surface area (Å²) in [4.78, 5) is 1.34. The molecule has 1 nitrogen and oxygen atoms in total. The number of rotatable bonds is 7. The average Bonchev–Trinajstić information content (AvgIpc) is 2.82. The van der Waals surface area contributed by atoms with E-state index in [0.717, 1.165) is 6.42 Å². The molecule has 2 rings (SSSR count). The third-order valence-electron chi connectivity index (χ3n) is 3.43. The molecule has 1 unspecified atom stereocenters. The van der Waals surface area contributed by atoms with Gasteiger partial charge in [0, 0.05) is 15.6 Å². The maximum absolute atomic E-state index is 6.28. The van der Waals surface area contributed by atoms with Crippen LogP contribution in [-0.2, 0) is 0 Å². The van der Waals surface area contributed by atoms with E-state index in [1.807, 2.05) is 11.3 Å². The van der Waals surface area contributed by atoms with Gasteiger partial charge in [-0.1, -0.05) is 57.2 Å². The molecule has 2 heteroatoms. The van der Waals surface area contributed by atoms with Crippen molar-refractivity contribution in [2.24, 2.45) is 5.73 Å². The Bertz CT molecular complexity index is 442. The molecule has 2 aromatic rings. The van der Waals surface area contributed by atoms with E-state index in [0.29, 0.717) is 0 Å². The quantitative estimate of drug-likeness (QED) is 0.676. The number of hydrogen-bond donors (Lipinski definition) is 1. The van der Waals surface area contributed by atoms with E-state index in [-0.39, 0.29) is 6.04 Å². The predicted octanol–water partition coefficient (Wildman–Crippen LogP) is 5.26. The third kappa shape index (κ3) is 3.56. The summed E-state index contributed by atoms with van der Waals surface area (Å²) in [7, 11) is 0. The van der Waals surface area contributed by atoms with Crippen LogP contribution in [0.4, 0.5) is 0 Å². The molecule has 1 heterocycles. The van der Waals surface area contributed by atoms with Crippen molar-refractivity contribution in [2.75, 3.05) is 0 Å². The number of unbranched alkanes of at least 4 members (excludes halogenated alkanes) is 4. The first kappa shape index (κ1) is 13.6. The van der Waals surface area contributed by atoms with Crippen LogP contribution in [0.1, 0.15) is 56.4 Å². The number of nitrogens with two attached hydrogens (primary N) is 1. The third-order valence-corrected chi connectivity index (χ3v) is 4.68. The minimum absolute atomic E-state index is 0.226. The van der Waals surface area contributed by atoms with Gasteiger partial charge < -0.3 is 5.73 Å². The molecule has 1 atom stereocenters. The fourth-order valence-corrected chi connectivity index (χ4v) is 3.40. The van der Waals surface area contributed by atoms with Gasteiger partial charge in [0.05, 0.1) is 0 Å². The smallest absolute Gasteiger partial charge is 0.0390 e. The molecule has 98 valence electrons. The molecule has 0 aliphatic rings. The van der Waals surface area contributed by atoms with Gasteiger partial charge in [0.1, 0.15) is 0 Å².